The lowest BCUT2D eigenvalue weighted by molar-refractivity contribution is -0.132. The van der Waals surface area contributed by atoms with Crippen molar-refractivity contribution in [1.82, 2.24) is 9.47 Å². The largest absolute Gasteiger partial charge is 0.477 e. The van der Waals surface area contributed by atoms with E-state index in [1.165, 1.54) is 28.8 Å². The van der Waals surface area contributed by atoms with Gasteiger partial charge in [0.2, 0.25) is 5.91 Å². The molecule has 1 unspecified atom stereocenters. The van der Waals surface area contributed by atoms with E-state index in [0.29, 0.717) is 0 Å². The van der Waals surface area contributed by atoms with E-state index in [1.807, 2.05) is 0 Å². The number of amides is 1. The first-order valence-corrected chi connectivity index (χ1v) is 5.75. The van der Waals surface area contributed by atoms with E-state index in [1.54, 1.807) is 13.1 Å². The molecule has 1 rings (SSSR count). The first-order chi connectivity index (χ1) is 8.95. The van der Waals surface area contributed by atoms with Crippen LogP contribution in [0.25, 0.3) is 0 Å². The second-order valence-corrected chi connectivity index (χ2v) is 4.21. The predicted molar refractivity (Wildman–Crippen MR) is 66.9 cm³/mol. The predicted octanol–water partition coefficient (Wildman–Crippen LogP) is -0.348. The van der Waals surface area contributed by atoms with Crippen molar-refractivity contribution in [3.05, 3.63) is 24.0 Å². The minimum atomic E-state index is -1.08. The van der Waals surface area contributed by atoms with E-state index in [0.717, 1.165) is 0 Å². The number of aliphatic hydroxyl groups excluding tert-OH is 1. The fourth-order valence-corrected chi connectivity index (χ4v) is 1.68. The van der Waals surface area contributed by atoms with Gasteiger partial charge in [-0.15, -0.1) is 0 Å². The number of hydrogen-bond donors (Lipinski definition) is 2. The molecular formula is C12H18N2O5. The molecule has 0 fully saturated rings. The van der Waals surface area contributed by atoms with Gasteiger partial charge in [-0.2, -0.15) is 0 Å². The zero-order valence-corrected chi connectivity index (χ0v) is 10.9. The molecule has 0 spiro atoms. The van der Waals surface area contributed by atoms with Crippen LogP contribution in [0.4, 0.5) is 0 Å². The standard InChI is InChI=1S/C12H18N2O5/c1-13(6-9(15)8-19-2)11(16)7-14-5-3-4-10(14)12(17)18/h3-5,9,15H,6-8H2,1-2H3,(H,17,18). The molecule has 0 saturated heterocycles. The normalized spacial score (nSPS) is 12.2. The summed E-state index contributed by atoms with van der Waals surface area (Å²) in [7, 11) is 3.01. The maximum Gasteiger partial charge on any atom is 0.352 e. The second-order valence-electron chi connectivity index (χ2n) is 4.21. The van der Waals surface area contributed by atoms with E-state index >= 15 is 0 Å². The molecule has 0 aliphatic rings. The molecule has 1 atom stereocenters. The van der Waals surface area contributed by atoms with Crippen molar-refractivity contribution in [1.29, 1.82) is 0 Å². The summed E-state index contributed by atoms with van der Waals surface area (Å²) in [6.45, 7) is 0.197. The maximum absolute atomic E-state index is 11.9. The van der Waals surface area contributed by atoms with Crippen LogP contribution in [0.15, 0.2) is 18.3 Å². The third-order valence-corrected chi connectivity index (χ3v) is 2.62. The molecule has 0 aliphatic heterocycles. The Morgan fingerprint density at radius 2 is 2.21 bits per heavy atom. The van der Waals surface area contributed by atoms with Crippen molar-refractivity contribution >= 4 is 11.9 Å². The Bertz CT molecular complexity index is 443. The zero-order valence-electron chi connectivity index (χ0n) is 10.9. The van der Waals surface area contributed by atoms with Gasteiger partial charge in [0.15, 0.2) is 0 Å². The first kappa shape index (κ1) is 15.2. The van der Waals surface area contributed by atoms with Crippen molar-refractivity contribution in [2.75, 3.05) is 27.3 Å². The minimum Gasteiger partial charge on any atom is -0.477 e. The van der Waals surface area contributed by atoms with E-state index < -0.39 is 12.1 Å². The summed E-state index contributed by atoms with van der Waals surface area (Å²) in [5, 5.41) is 18.4. The number of carbonyl (C=O) groups is 2. The summed E-state index contributed by atoms with van der Waals surface area (Å²) in [6, 6.07) is 2.99. The number of aliphatic hydroxyl groups is 1. The van der Waals surface area contributed by atoms with E-state index in [2.05, 4.69) is 0 Å². The van der Waals surface area contributed by atoms with Crippen LogP contribution in [-0.4, -0.2) is 65.0 Å². The Morgan fingerprint density at radius 1 is 1.53 bits per heavy atom. The number of hydrogen-bond acceptors (Lipinski definition) is 4. The molecule has 0 radical (unpaired) electrons. The fraction of sp³-hybridized carbons (Fsp3) is 0.500. The summed E-state index contributed by atoms with van der Waals surface area (Å²) >= 11 is 0. The van der Waals surface area contributed by atoms with Crippen molar-refractivity contribution in [2.24, 2.45) is 0 Å². The number of ether oxygens (including phenoxy) is 1. The van der Waals surface area contributed by atoms with Crippen molar-refractivity contribution < 1.29 is 24.5 Å². The van der Waals surface area contributed by atoms with Gasteiger partial charge in [0.05, 0.1) is 12.7 Å². The molecule has 0 bridgehead atoms. The Kier molecular flexibility index (Phi) is 5.53. The van der Waals surface area contributed by atoms with Gasteiger partial charge in [-0.3, -0.25) is 4.79 Å². The molecule has 2 N–H and O–H groups in total. The molecule has 106 valence electrons. The number of aromatic carboxylic acids is 1. The highest BCUT2D eigenvalue weighted by molar-refractivity contribution is 5.86. The lowest BCUT2D eigenvalue weighted by Gasteiger charge is -2.21. The molecule has 19 heavy (non-hydrogen) atoms. The van der Waals surface area contributed by atoms with Crippen molar-refractivity contribution in [3.63, 3.8) is 0 Å². The summed E-state index contributed by atoms with van der Waals surface area (Å²) in [4.78, 5) is 24.1. The smallest absolute Gasteiger partial charge is 0.352 e. The zero-order chi connectivity index (χ0) is 14.4. The number of carboxylic acid groups (broad SMARTS) is 1. The molecule has 0 aliphatic carbocycles. The van der Waals surface area contributed by atoms with Crippen LogP contribution in [0, 0.1) is 0 Å². The topological polar surface area (TPSA) is 92.0 Å². The fourth-order valence-electron chi connectivity index (χ4n) is 1.68. The number of carboxylic acids is 1. The van der Waals surface area contributed by atoms with Gasteiger partial charge in [-0.1, -0.05) is 0 Å². The van der Waals surface area contributed by atoms with E-state index in [9.17, 15) is 14.7 Å². The van der Waals surface area contributed by atoms with Gasteiger partial charge in [0.1, 0.15) is 12.2 Å². The van der Waals surface area contributed by atoms with Crippen LogP contribution in [0.2, 0.25) is 0 Å². The molecule has 1 aromatic heterocycles. The second kappa shape index (κ2) is 6.91. The Balaban J connectivity index is 2.59. The molecular weight excluding hydrogens is 252 g/mol. The minimum absolute atomic E-state index is 0.0548. The third-order valence-electron chi connectivity index (χ3n) is 2.62. The summed E-state index contributed by atoms with van der Waals surface area (Å²) in [5.41, 5.74) is 0.0548. The lowest BCUT2D eigenvalue weighted by atomic mass is 10.3. The van der Waals surface area contributed by atoms with Crippen LogP contribution in [-0.2, 0) is 16.1 Å². The molecule has 1 heterocycles. The van der Waals surface area contributed by atoms with Crippen molar-refractivity contribution in [3.8, 4) is 0 Å². The van der Waals surface area contributed by atoms with Gasteiger partial charge in [-0.05, 0) is 12.1 Å². The number of carbonyl (C=O) groups excluding carboxylic acids is 1. The van der Waals surface area contributed by atoms with Gasteiger partial charge in [0, 0.05) is 26.9 Å². The number of methoxy groups -OCH3 is 1. The number of nitrogens with zero attached hydrogens (tertiary/aromatic N) is 2. The third kappa shape index (κ3) is 4.38. The van der Waals surface area contributed by atoms with Gasteiger partial charge >= 0.3 is 5.97 Å². The molecule has 1 aromatic rings. The summed E-state index contributed by atoms with van der Waals surface area (Å²) in [5.74, 6) is -1.37. The number of likely N-dealkylation sites (N-methyl/N-ethyl adjacent to an activating group) is 1. The maximum atomic E-state index is 11.9. The lowest BCUT2D eigenvalue weighted by Crippen LogP contribution is -2.38. The van der Waals surface area contributed by atoms with Crippen LogP contribution in [0.1, 0.15) is 10.5 Å². The van der Waals surface area contributed by atoms with Crippen molar-refractivity contribution in [2.45, 2.75) is 12.6 Å². The monoisotopic (exact) mass is 270 g/mol. The average molecular weight is 270 g/mol. The highest BCUT2D eigenvalue weighted by atomic mass is 16.5. The number of aromatic nitrogens is 1. The van der Waals surface area contributed by atoms with Crippen LogP contribution < -0.4 is 0 Å². The average Bonchev–Trinajstić information content (AvgIpc) is 2.77. The Hall–Kier alpha value is -1.86. The van der Waals surface area contributed by atoms with Crippen LogP contribution >= 0.6 is 0 Å². The highest BCUT2D eigenvalue weighted by Gasteiger charge is 2.16. The van der Waals surface area contributed by atoms with Gasteiger partial charge < -0.3 is 24.4 Å². The SMILES string of the molecule is COCC(O)CN(C)C(=O)Cn1cccc1C(=O)O. The van der Waals surface area contributed by atoms with Crippen LogP contribution in [0.5, 0.6) is 0 Å². The molecule has 0 saturated carbocycles. The van der Waals surface area contributed by atoms with Gasteiger partial charge in [0.25, 0.3) is 0 Å². The quantitative estimate of drug-likeness (QED) is 0.706. The Labute approximate surface area is 111 Å². The number of rotatable bonds is 7. The van der Waals surface area contributed by atoms with Crippen LogP contribution in [0.3, 0.4) is 0 Å². The highest BCUT2D eigenvalue weighted by Crippen LogP contribution is 2.03. The molecule has 0 aromatic carbocycles. The summed E-state index contributed by atoms with van der Waals surface area (Å²) in [6.07, 6.45) is 0.767. The summed E-state index contributed by atoms with van der Waals surface area (Å²) < 4.78 is 6.12. The Morgan fingerprint density at radius 3 is 2.79 bits per heavy atom. The van der Waals surface area contributed by atoms with E-state index in [-0.39, 0.29) is 31.3 Å². The van der Waals surface area contributed by atoms with E-state index in [4.69, 9.17) is 9.84 Å². The molecule has 7 heteroatoms. The van der Waals surface area contributed by atoms with Gasteiger partial charge in [-0.25, -0.2) is 4.79 Å². The molecule has 1 amide bonds. The molecule has 7 nitrogen and oxygen atoms in total. The first-order valence-electron chi connectivity index (χ1n) is 5.75.